The maximum Gasteiger partial charge on any atom is 0.337 e. The van der Waals surface area contributed by atoms with Crippen molar-refractivity contribution in [3.63, 3.8) is 0 Å². The molecule has 0 fully saturated rings. The minimum absolute atomic E-state index is 0.367. The van der Waals surface area contributed by atoms with Crippen molar-refractivity contribution in [2.75, 3.05) is 26.2 Å². The molecule has 4 nitrogen and oxygen atoms in total. The van der Waals surface area contributed by atoms with Gasteiger partial charge in [-0.15, -0.1) is 0 Å². The van der Waals surface area contributed by atoms with Crippen LogP contribution >= 0.6 is 7.14 Å². The summed E-state index contributed by atoms with van der Waals surface area (Å²) in [6.07, 6.45) is 0. The monoisotopic (exact) mass is 227 g/mol. The van der Waals surface area contributed by atoms with Crippen molar-refractivity contribution in [2.45, 2.75) is 0 Å². The molecule has 0 atom stereocenters. The Morgan fingerprint density at radius 2 is 2.00 bits per heavy atom. The van der Waals surface area contributed by atoms with Gasteiger partial charge < -0.3 is 15.0 Å². The third kappa shape index (κ3) is 2.60. The van der Waals surface area contributed by atoms with E-state index in [4.69, 9.17) is 5.73 Å². The Hall–Kier alpha value is -1.28. The van der Waals surface area contributed by atoms with Crippen molar-refractivity contribution in [3.8, 4) is 0 Å². The van der Waals surface area contributed by atoms with E-state index in [1.165, 1.54) is 13.2 Å². The third-order valence-corrected chi connectivity index (χ3v) is 3.60. The summed E-state index contributed by atoms with van der Waals surface area (Å²) in [4.78, 5) is 11.2. The molecule has 0 spiro atoms. The third-order valence-electron chi connectivity index (χ3n) is 2.03. The number of carbonyl (C=O) groups excluding carboxylic acids is 1. The molecular weight excluding hydrogens is 213 g/mol. The molecule has 1 aromatic rings. The zero-order valence-electron chi connectivity index (χ0n) is 8.98. The van der Waals surface area contributed by atoms with Gasteiger partial charge in [-0.25, -0.2) is 4.79 Å². The first-order valence-electron chi connectivity index (χ1n) is 4.39. The Bertz CT molecular complexity index is 436. The molecule has 0 amide bonds. The van der Waals surface area contributed by atoms with Gasteiger partial charge in [0.25, 0.3) is 0 Å². The van der Waals surface area contributed by atoms with Crippen LogP contribution < -0.4 is 11.0 Å². The van der Waals surface area contributed by atoms with Gasteiger partial charge in [0, 0.05) is 11.0 Å². The first-order chi connectivity index (χ1) is 6.86. The summed E-state index contributed by atoms with van der Waals surface area (Å²) in [5, 5.41) is 0.593. The normalized spacial score (nSPS) is 11.1. The smallest absolute Gasteiger partial charge is 0.337 e. The second kappa shape index (κ2) is 4.07. The van der Waals surface area contributed by atoms with Crippen molar-refractivity contribution in [2.24, 2.45) is 0 Å². The van der Waals surface area contributed by atoms with Crippen LogP contribution in [0.5, 0.6) is 0 Å². The lowest BCUT2D eigenvalue weighted by Crippen LogP contribution is -2.12. The van der Waals surface area contributed by atoms with Gasteiger partial charge in [-0.3, -0.25) is 0 Å². The molecule has 0 heterocycles. The molecule has 0 saturated carbocycles. The molecule has 0 aliphatic heterocycles. The van der Waals surface area contributed by atoms with Crippen molar-refractivity contribution >= 4 is 24.1 Å². The number of hydrogen-bond donors (Lipinski definition) is 1. The van der Waals surface area contributed by atoms with Crippen LogP contribution in [0.2, 0.25) is 0 Å². The number of nitrogens with two attached hydrogens (primary N) is 1. The summed E-state index contributed by atoms with van der Waals surface area (Å²) in [6.45, 7) is 3.27. The minimum atomic E-state index is -2.39. The summed E-state index contributed by atoms with van der Waals surface area (Å²) in [7, 11) is -1.09. The summed E-state index contributed by atoms with van der Waals surface area (Å²) in [5.74, 6) is -0.449. The summed E-state index contributed by atoms with van der Waals surface area (Å²) in [5.41, 5.74) is 6.45. The highest BCUT2D eigenvalue weighted by molar-refractivity contribution is 7.70. The van der Waals surface area contributed by atoms with Crippen LogP contribution in [-0.2, 0) is 9.30 Å². The van der Waals surface area contributed by atoms with Crippen LogP contribution in [0.3, 0.4) is 0 Å². The molecule has 5 heteroatoms. The van der Waals surface area contributed by atoms with E-state index in [0.717, 1.165) is 0 Å². The Kier molecular flexibility index (Phi) is 3.20. The first-order valence-corrected chi connectivity index (χ1v) is 7.00. The van der Waals surface area contributed by atoms with Crippen molar-refractivity contribution in [1.29, 1.82) is 0 Å². The van der Waals surface area contributed by atoms with E-state index in [9.17, 15) is 9.36 Å². The van der Waals surface area contributed by atoms with Crippen molar-refractivity contribution < 1.29 is 14.1 Å². The van der Waals surface area contributed by atoms with Crippen LogP contribution in [-0.4, -0.2) is 26.4 Å². The van der Waals surface area contributed by atoms with Gasteiger partial charge in [-0.2, -0.15) is 0 Å². The first kappa shape index (κ1) is 11.8. The summed E-state index contributed by atoms with van der Waals surface area (Å²) >= 11 is 0. The second-order valence-electron chi connectivity index (χ2n) is 3.62. The largest absolute Gasteiger partial charge is 0.465 e. The molecule has 1 aromatic carbocycles. The highest BCUT2D eigenvalue weighted by atomic mass is 31.2. The second-order valence-corrected chi connectivity index (χ2v) is 6.80. The molecule has 0 saturated heterocycles. The van der Waals surface area contributed by atoms with Crippen LogP contribution in [0.25, 0.3) is 0 Å². The molecule has 2 N–H and O–H groups in total. The molecule has 82 valence electrons. The summed E-state index contributed by atoms with van der Waals surface area (Å²) < 4.78 is 16.3. The van der Waals surface area contributed by atoms with Crippen molar-refractivity contribution in [1.82, 2.24) is 0 Å². The van der Waals surface area contributed by atoms with E-state index in [-0.39, 0.29) is 0 Å². The lowest BCUT2D eigenvalue weighted by Gasteiger charge is -2.11. The molecule has 0 radical (unpaired) electrons. The van der Waals surface area contributed by atoms with E-state index >= 15 is 0 Å². The van der Waals surface area contributed by atoms with Crippen molar-refractivity contribution in [3.05, 3.63) is 23.8 Å². The SMILES string of the molecule is COC(=O)c1ccc(P(C)(C)=O)c(N)c1. The quantitative estimate of drug-likeness (QED) is 0.469. The predicted molar refractivity (Wildman–Crippen MR) is 61.3 cm³/mol. The molecule has 15 heavy (non-hydrogen) atoms. The zero-order chi connectivity index (χ0) is 11.6. The standard InChI is InChI=1S/C10H14NO3P/c1-14-10(12)7-4-5-9(8(11)6-7)15(2,3)13/h4-6H,11H2,1-3H3. The van der Waals surface area contributed by atoms with Crippen LogP contribution in [0.15, 0.2) is 18.2 Å². The average molecular weight is 227 g/mol. The molecule has 0 unspecified atom stereocenters. The topological polar surface area (TPSA) is 69.4 Å². The Morgan fingerprint density at radius 1 is 1.40 bits per heavy atom. The number of rotatable bonds is 2. The number of ether oxygens (including phenoxy) is 1. The van der Waals surface area contributed by atoms with Gasteiger partial charge in [0.05, 0.1) is 12.7 Å². The Balaban J connectivity index is 3.21. The van der Waals surface area contributed by atoms with Gasteiger partial charge in [-0.1, -0.05) is 0 Å². The van der Waals surface area contributed by atoms with Crippen LogP contribution in [0.4, 0.5) is 5.69 Å². The highest BCUT2D eigenvalue weighted by Crippen LogP contribution is 2.36. The molecule has 0 aliphatic rings. The molecular formula is C10H14NO3P. The highest BCUT2D eigenvalue weighted by Gasteiger charge is 2.16. The average Bonchev–Trinajstić information content (AvgIpc) is 2.14. The maximum atomic E-state index is 11.8. The lowest BCUT2D eigenvalue weighted by atomic mass is 10.2. The number of esters is 1. The molecule has 0 aliphatic carbocycles. The molecule has 0 bridgehead atoms. The van der Waals surface area contributed by atoms with E-state index in [2.05, 4.69) is 4.74 Å². The number of hydrogen-bond acceptors (Lipinski definition) is 4. The fourth-order valence-corrected chi connectivity index (χ4v) is 2.41. The van der Waals surface area contributed by atoms with Gasteiger partial charge in [-0.05, 0) is 31.5 Å². The van der Waals surface area contributed by atoms with E-state index in [0.29, 0.717) is 16.6 Å². The lowest BCUT2D eigenvalue weighted by molar-refractivity contribution is 0.0601. The van der Waals surface area contributed by atoms with Gasteiger partial charge in [0.1, 0.15) is 7.14 Å². The minimum Gasteiger partial charge on any atom is -0.465 e. The van der Waals surface area contributed by atoms with E-state index in [1.807, 2.05) is 0 Å². The van der Waals surface area contributed by atoms with Crippen LogP contribution in [0, 0.1) is 0 Å². The Labute approximate surface area is 88.8 Å². The molecule has 1 rings (SSSR count). The predicted octanol–water partition coefficient (Wildman–Crippen LogP) is 1.30. The zero-order valence-corrected chi connectivity index (χ0v) is 9.88. The van der Waals surface area contributed by atoms with Gasteiger partial charge >= 0.3 is 5.97 Å². The fraction of sp³-hybridized carbons (Fsp3) is 0.300. The number of anilines is 1. The summed E-state index contributed by atoms with van der Waals surface area (Å²) in [6, 6.07) is 4.67. The number of carbonyl (C=O) groups is 1. The fourth-order valence-electron chi connectivity index (χ4n) is 1.29. The number of methoxy groups -OCH3 is 1. The molecule has 0 aromatic heterocycles. The van der Waals surface area contributed by atoms with E-state index in [1.54, 1.807) is 25.5 Å². The Morgan fingerprint density at radius 3 is 2.40 bits per heavy atom. The van der Waals surface area contributed by atoms with Gasteiger partial charge in [0.15, 0.2) is 0 Å². The van der Waals surface area contributed by atoms with E-state index < -0.39 is 13.1 Å². The maximum absolute atomic E-state index is 11.8. The van der Waals surface area contributed by atoms with Gasteiger partial charge in [0.2, 0.25) is 0 Å². The number of nitrogen functional groups attached to an aromatic ring is 1. The number of benzene rings is 1. The van der Waals surface area contributed by atoms with Crippen LogP contribution in [0.1, 0.15) is 10.4 Å².